The number of esters is 1. The van der Waals surface area contributed by atoms with Crippen molar-refractivity contribution in [3.8, 4) is 5.75 Å². The molecule has 0 aliphatic heterocycles. The summed E-state index contributed by atoms with van der Waals surface area (Å²) in [5.41, 5.74) is 5.67. The minimum atomic E-state index is -4.81. The Labute approximate surface area is 121 Å². The number of methoxy groups -OCH3 is 1. The van der Waals surface area contributed by atoms with Gasteiger partial charge in [0.1, 0.15) is 11.8 Å². The lowest BCUT2D eigenvalue weighted by Crippen LogP contribution is -2.23. The van der Waals surface area contributed by atoms with Crippen molar-refractivity contribution >= 4 is 34.3 Å². The highest BCUT2D eigenvalue weighted by atomic mass is 79.9. The molecule has 1 atom stereocenters. The summed E-state index contributed by atoms with van der Waals surface area (Å²) >= 11 is 3.00. The van der Waals surface area contributed by atoms with Gasteiger partial charge in [-0.3, -0.25) is 4.79 Å². The van der Waals surface area contributed by atoms with Crippen molar-refractivity contribution in [1.82, 2.24) is 0 Å². The van der Waals surface area contributed by atoms with E-state index in [1.807, 2.05) is 0 Å². The second-order valence-corrected chi connectivity index (χ2v) is 4.18. The van der Waals surface area contributed by atoms with Gasteiger partial charge in [-0.05, 0) is 23.8 Å². The van der Waals surface area contributed by atoms with Crippen molar-refractivity contribution in [3.05, 3.63) is 28.2 Å². The fourth-order valence-electron chi connectivity index (χ4n) is 1.22. The first-order valence-electron chi connectivity index (χ1n) is 4.62. The fraction of sp³-hybridized carbons (Fsp3) is 0.300. The summed E-state index contributed by atoms with van der Waals surface area (Å²) in [6.45, 7) is 0. The molecule has 0 heterocycles. The number of nitrogens with two attached hydrogens (primary N) is 1. The van der Waals surface area contributed by atoms with Crippen LogP contribution in [0.2, 0.25) is 0 Å². The van der Waals surface area contributed by atoms with Crippen molar-refractivity contribution in [3.63, 3.8) is 0 Å². The quantitative estimate of drug-likeness (QED) is 0.838. The zero-order chi connectivity index (χ0) is 13.9. The molecule has 0 unspecified atom stereocenters. The summed E-state index contributed by atoms with van der Waals surface area (Å²) in [4.78, 5) is 11.2. The number of carbonyl (C=O) groups is 1. The van der Waals surface area contributed by atoms with E-state index in [0.717, 1.165) is 19.2 Å². The Kier molecular flexibility index (Phi) is 6.61. The second kappa shape index (κ2) is 6.97. The second-order valence-electron chi connectivity index (χ2n) is 3.27. The molecule has 0 aromatic heterocycles. The van der Waals surface area contributed by atoms with E-state index in [9.17, 15) is 18.0 Å². The van der Waals surface area contributed by atoms with Crippen LogP contribution in [-0.4, -0.2) is 19.4 Å². The van der Waals surface area contributed by atoms with Gasteiger partial charge in [0.15, 0.2) is 0 Å². The summed E-state index contributed by atoms with van der Waals surface area (Å²) in [5.74, 6) is -1.22. The van der Waals surface area contributed by atoms with Gasteiger partial charge in [0, 0.05) is 4.47 Å². The maximum Gasteiger partial charge on any atom is 0.573 e. The molecule has 19 heavy (non-hydrogen) atoms. The number of alkyl halides is 3. The first-order valence-corrected chi connectivity index (χ1v) is 5.42. The zero-order valence-corrected chi connectivity index (χ0v) is 11.9. The van der Waals surface area contributed by atoms with E-state index in [1.165, 1.54) is 6.07 Å². The SMILES string of the molecule is COC(=O)[C@H](N)c1cc(Br)cc(OC(F)(F)F)c1.Cl. The van der Waals surface area contributed by atoms with E-state index in [1.54, 1.807) is 0 Å². The van der Waals surface area contributed by atoms with Gasteiger partial charge in [-0.1, -0.05) is 15.9 Å². The number of rotatable bonds is 3. The monoisotopic (exact) mass is 363 g/mol. The third kappa shape index (κ3) is 5.66. The minimum Gasteiger partial charge on any atom is -0.468 e. The maximum absolute atomic E-state index is 12.1. The molecular weight excluding hydrogens is 354 g/mol. The predicted molar refractivity (Wildman–Crippen MR) is 67.0 cm³/mol. The van der Waals surface area contributed by atoms with Crippen LogP contribution in [0.3, 0.4) is 0 Å². The summed E-state index contributed by atoms with van der Waals surface area (Å²) in [5, 5.41) is 0. The van der Waals surface area contributed by atoms with Crippen molar-refractivity contribution in [2.75, 3.05) is 7.11 Å². The molecular formula is C10H10BrClF3NO3. The number of ether oxygens (including phenoxy) is 2. The molecule has 0 saturated carbocycles. The molecule has 0 spiro atoms. The average Bonchev–Trinajstić information content (AvgIpc) is 2.23. The molecule has 0 aliphatic rings. The summed E-state index contributed by atoms with van der Waals surface area (Å²) in [6.07, 6.45) is -4.81. The Hall–Kier alpha value is -0.990. The fourth-order valence-corrected chi connectivity index (χ4v) is 1.71. The number of hydrogen-bond acceptors (Lipinski definition) is 4. The third-order valence-electron chi connectivity index (χ3n) is 1.94. The third-order valence-corrected chi connectivity index (χ3v) is 2.40. The Bertz CT molecular complexity index is 456. The van der Waals surface area contributed by atoms with Crippen LogP contribution in [0.5, 0.6) is 5.75 Å². The lowest BCUT2D eigenvalue weighted by molar-refractivity contribution is -0.274. The topological polar surface area (TPSA) is 61.5 Å². The lowest BCUT2D eigenvalue weighted by Gasteiger charge is -2.13. The Balaban J connectivity index is 0.00000324. The van der Waals surface area contributed by atoms with Gasteiger partial charge < -0.3 is 15.2 Å². The number of carbonyl (C=O) groups excluding carboxylic acids is 1. The summed E-state index contributed by atoms with van der Waals surface area (Å²) < 4.78 is 44.7. The first-order chi connectivity index (χ1) is 8.23. The first kappa shape index (κ1) is 18.0. The minimum absolute atomic E-state index is 0. The average molecular weight is 365 g/mol. The Morgan fingerprint density at radius 2 is 1.95 bits per heavy atom. The van der Waals surface area contributed by atoms with Crippen LogP contribution in [0.4, 0.5) is 13.2 Å². The molecule has 0 saturated heterocycles. The van der Waals surface area contributed by atoms with Crippen molar-refractivity contribution in [2.45, 2.75) is 12.4 Å². The molecule has 0 amide bonds. The van der Waals surface area contributed by atoms with Crippen LogP contribution in [0.15, 0.2) is 22.7 Å². The standard InChI is InChI=1S/C10H9BrF3NO3.ClH/c1-17-9(16)8(15)5-2-6(11)4-7(3-5)18-10(12,13)14;/h2-4,8H,15H2,1H3;1H/t8-;/m1./s1. The summed E-state index contributed by atoms with van der Waals surface area (Å²) in [7, 11) is 1.13. The molecule has 1 aromatic carbocycles. The van der Waals surface area contributed by atoms with Crippen LogP contribution in [-0.2, 0) is 9.53 Å². The van der Waals surface area contributed by atoms with Gasteiger partial charge in [-0.2, -0.15) is 0 Å². The maximum atomic E-state index is 12.1. The zero-order valence-electron chi connectivity index (χ0n) is 9.53. The number of halogens is 5. The molecule has 0 fully saturated rings. The highest BCUT2D eigenvalue weighted by Crippen LogP contribution is 2.29. The van der Waals surface area contributed by atoms with Gasteiger partial charge in [0.25, 0.3) is 0 Å². The van der Waals surface area contributed by atoms with Gasteiger partial charge in [0.05, 0.1) is 7.11 Å². The van der Waals surface area contributed by atoms with E-state index in [2.05, 4.69) is 25.4 Å². The van der Waals surface area contributed by atoms with E-state index in [0.29, 0.717) is 4.47 Å². The number of hydrogen-bond donors (Lipinski definition) is 1. The van der Waals surface area contributed by atoms with Crippen LogP contribution in [0, 0.1) is 0 Å². The predicted octanol–water partition coefficient (Wildman–Crippen LogP) is 2.94. The van der Waals surface area contributed by atoms with Crippen molar-refractivity contribution < 1.29 is 27.4 Å². The summed E-state index contributed by atoms with van der Waals surface area (Å²) in [6, 6.07) is 2.37. The van der Waals surface area contributed by atoms with Crippen molar-refractivity contribution in [2.24, 2.45) is 5.73 Å². The van der Waals surface area contributed by atoms with Crippen LogP contribution in [0.25, 0.3) is 0 Å². The van der Waals surface area contributed by atoms with Gasteiger partial charge in [0.2, 0.25) is 0 Å². The smallest absolute Gasteiger partial charge is 0.468 e. The molecule has 2 N–H and O–H groups in total. The molecule has 1 rings (SSSR count). The van der Waals surface area contributed by atoms with E-state index in [4.69, 9.17) is 5.73 Å². The Morgan fingerprint density at radius 1 is 1.37 bits per heavy atom. The Morgan fingerprint density at radius 3 is 2.42 bits per heavy atom. The normalized spacial score (nSPS) is 12.3. The van der Waals surface area contributed by atoms with E-state index >= 15 is 0 Å². The largest absolute Gasteiger partial charge is 0.573 e. The molecule has 1 aromatic rings. The van der Waals surface area contributed by atoms with Crippen molar-refractivity contribution in [1.29, 1.82) is 0 Å². The lowest BCUT2D eigenvalue weighted by atomic mass is 10.1. The van der Waals surface area contributed by atoms with Crippen LogP contribution < -0.4 is 10.5 Å². The van der Waals surface area contributed by atoms with Gasteiger partial charge in [-0.25, -0.2) is 0 Å². The molecule has 0 radical (unpaired) electrons. The molecule has 9 heteroatoms. The molecule has 108 valence electrons. The number of benzene rings is 1. The van der Waals surface area contributed by atoms with E-state index in [-0.39, 0.29) is 18.0 Å². The van der Waals surface area contributed by atoms with Gasteiger partial charge in [-0.15, -0.1) is 25.6 Å². The van der Waals surface area contributed by atoms with Crippen LogP contribution >= 0.6 is 28.3 Å². The van der Waals surface area contributed by atoms with Gasteiger partial charge >= 0.3 is 12.3 Å². The highest BCUT2D eigenvalue weighted by Gasteiger charge is 2.31. The van der Waals surface area contributed by atoms with E-state index < -0.39 is 24.1 Å². The molecule has 0 aliphatic carbocycles. The highest BCUT2D eigenvalue weighted by molar-refractivity contribution is 9.10. The molecule has 4 nitrogen and oxygen atoms in total. The molecule has 0 bridgehead atoms. The van der Waals surface area contributed by atoms with Crippen LogP contribution in [0.1, 0.15) is 11.6 Å².